The standard InChI is InChI=1S/C16H15FN4O/c1-10-2-7-13(8-18)20-16(10)22-14-9-19-21-15(14)11-3-5-12(17)6-4-11/h2-7,9H,8,18H2,1H3,(H,19,21). The third-order valence-electron chi connectivity index (χ3n) is 3.26. The van der Waals surface area contributed by atoms with E-state index in [4.69, 9.17) is 10.5 Å². The molecule has 3 rings (SSSR count). The predicted octanol–water partition coefficient (Wildman–Crippen LogP) is 3.17. The van der Waals surface area contributed by atoms with E-state index in [1.807, 2.05) is 19.1 Å². The number of pyridine rings is 1. The number of H-pyrrole nitrogens is 1. The van der Waals surface area contributed by atoms with Crippen molar-refractivity contribution >= 4 is 0 Å². The maximum atomic E-state index is 13.0. The van der Waals surface area contributed by atoms with Crippen molar-refractivity contribution in [3.05, 3.63) is 59.7 Å². The molecule has 0 fully saturated rings. The van der Waals surface area contributed by atoms with Gasteiger partial charge in [-0.15, -0.1) is 0 Å². The number of hydrogen-bond donors (Lipinski definition) is 2. The first-order valence-corrected chi connectivity index (χ1v) is 6.81. The summed E-state index contributed by atoms with van der Waals surface area (Å²) in [7, 11) is 0. The van der Waals surface area contributed by atoms with Gasteiger partial charge in [-0.1, -0.05) is 6.07 Å². The molecule has 0 aliphatic heterocycles. The first-order chi connectivity index (χ1) is 10.7. The summed E-state index contributed by atoms with van der Waals surface area (Å²) in [5, 5.41) is 6.85. The molecule has 3 N–H and O–H groups in total. The fraction of sp³-hybridized carbons (Fsp3) is 0.125. The summed E-state index contributed by atoms with van der Waals surface area (Å²) in [4.78, 5) is 4.37. The molecular formula is C16H15FN4O. The van der Waals surface area contributed by atoms with Gasteiger partial charge in [-0.25, -0.2) is 9.37 Å². The maximum absolute atomic E-state index is 13.0. The molecular weight excluding hydrogens is 283 g/mol. The Kier molecular flexibility index (Phi) is 3.84. The smallest absolute Gasteiger partial charge is 0.222 e. The third-order valence-corrected chi connectivity index (χ3v) is 3.26. The summed E-state index contributed by atoms with van der Waals surface area (Å²) in [6, 6.07) is 9.86. The minimum atomic E-state index is -0.293. The van der Waals surface area contributed by atoms with Gasteiger partial charge in [-0.3, -0.25) is 5.10 Å². The molecule has 0 bridgehead atoms. The fourth-order valence-electron chi connectivity index (χ4n) is 2.05. The molecule has 0 saturated carbocycles. The summed E-state index contributed by atoms with van der Waals surface area (Å²) in [5.41, 5.74) is 8.69. The molecule has 1 aromatic carbocycles. The zero-order valence-electron chi connectivity index (χ0n) is 12.0. The van der Waals surface area contributed by atoms with Crippen LogP contribution < -0.4 is 10.5 Å². The summed E-state index contributed by atoms with van der Waals surface area (Å²) >= 11 is 0. The topological polar surface area (TPSA) is 76.8 Å². The Morgan fingerprint density at radius 2 is 1.95 bits per heavy atom. The highest BCUT2D eigenvalue weighted by molar-refractivity contribution is 5.66. The molecule has 0 saturated heterocycles. The maximum Gasteiger partial charge on any atom is 0.222 e. The number of halogens is 1. The SMILES string of the molecule is Cc1ccc(CN)nc1Oc1cn[nH]c1-c1ccc(F)cc1. The van der Waals surface area contributed by atoms with Crippen molar-refractivity contribution in [1.82, 2.24) is 15.2 Å². The van der Waals surface area contributed by atoms with E-state index in [1.54, 1.807) is 18.3 Å². The zero-order chi connectivity index (χ0) is 15.5. The molecule has 112 valence electrons. The van der Waals surface area contributed by atoms with Crippen LogP contribution >= 0.6 is 0 Å². The summed E-state index contributed by atoms with van der Waals surface area (Å²) in [6.45, 7) is 2.24. The third kappa shape index (κ3) is 2.82. The minimum absolute atomic E-state index is 0.293. The molecule has 5 nitrogen and oxygen atoms in total. The molecule has 6 heteroatoms. The number of nitrogens with one attached hydrogen (secondary N) is 1. The zero-order valence-corrected chi connectivity index (χ0v) is 12.0. The Balaban J connectivity index is 1.94. The quantitative estimate of drug-likeness (QED) is 0.775. The predicted molar refractivity (Wildman–Crippen MR) is 80.9 cm³/mol. The van der Waals surface area contributed by atoms with Crippen LogP contribution in [0.15, 0.2) is 42.6 Å². The van der Waals surface area contributed by atoms with Gasteiger partial charge in [-0.2, -0.15) is 5.10 Å². The lowest BCUT2D eigenvalue weighted by Gasteiger charge is -2.09. The number of rotatable bonds is 4. The summed E-state index contributed by atoms with van der Waals surface area (Å²) < 4.78 is 18.9. The van der Waals surface area contributed by atoms with Crippen LogP contribution in [0.2, 0.25) is 0 Å². The van der Waals surface area contributed by atoms with E-state index in [9.17, 15) is 4.39 Å². The lowest BCUT2D eigenvalue weighted by atomic mass is 10.1. The van der Waals surface area contributed by atoms with E-state index in [-0.39, 0.29) is 5.82 Å². The van der Waals surface area contributed by atoms with Crippen molar-refractivity contribution in [3.63, 3.8) is 0 Å². The number of aromatic nitrogens is 3. The lowest BCUT2D eigenvalue weighted by molar-refractivity contribution is 0.458. The molecule has 2 heterocycles. The molecule has 0 radical (unpaired) electrons. The fourth-order valence-corrected chi connectivity index (χ4v) is 2.05. The molecule has 0 amide bonds. The Morgan fingerprint density at radius 3 is 2.68 bits per heavy atom. The average Bonchev–Trinajstić information content (AvgIpc) is 2.98. The second kappa shape index (κ2) is 5.95. The average molecular weight is 298 g/mol. The van der Waals surface area contributed by atoms with Crippen molar-refractivity contribution < 1.29 is 9.13 Å². The Bertz CT molecular complexity index is 783. The van der Waals surface area contributed by atoms with Crippen molar-refractivity contribution in [2.24, 2.45) is 5.73 Å². The number of nitrogens with two attached hydrogens (primary N) is 1. The van der Waals surface area contributed by atoms with E-state index in [0.717, 1.165) is 16.8 Å². The van der Waals surface area contributed by atoms with E-state index in [2.05, 4.69) is 15.2 Å². The normalized spacial score (nSPS) is 10.7. The highest BCUT2D eigenvalue weighted by atomic mass is 19.1. The van der Waals surface area contributed by atoms with Crippen LogP contribution in [-0.4, -0.2) is 15.2 Å². The van der Waals surface area contributed by atoms with Crippen LogP contribution in [0.5, 0.6) is 11.6 Å². The highest BCUT2D eigenvalue weighted by Crippen LogP contribution is 2.31. The number of hydrogen-bond acceptors (Lipinski definition) is 4. The van der Waals surface area contributed by atoms with Crippen LogP contribution in [0.25, 0.3) is 11.3 Å². The second-order valence-electron chi connectivity index (χ2n) is 4.85. The molecule has 3 aromatic rings. The minimum Gasteiger partial charge on any atom is -0.435 e. The number of aryl methyl sites for hydroxylation is 1. The number of ether oxygens (including phenoxy) is 1. The molecule has 0 unspecified atom stereocenters. The largest absolute Gasteiger partial charge is 0.435 e. The van der Waals surface area contributed by atoms with Gasteiger partial charge in [0.05, 0.1) is 11.9 Å². The van der Waals surface area contributed by atoms with Crippen LogP contribution in [0.1, 0.15) is 11.3 Å². The Hall–Kier alpha value is -2.73. The number of nitrogens with zero attached hydrogens (tertiary/aromatic N) is 2. The van der Waals surface area contributed by atoms with Crippen LogP contribution in [-0.2, 0) is 6.54 Å². The lowest BCUT2D eigenvalue weighted by Crippen LogP contribution is -2.01. The number of aromatic amines is 1. The van der Waals surface area contributed by atoms with Crippen molar-refractivity contribution in [2.75, 3.05) is 0 Å². The first kappa shape index (κ1) is 14.2. The van der Waals surface area contributed by atoms with Gasteiger partial charge < -0.3 is 10.5 Å². The van der Waals surface area contributed by atoms with Crippen LogP contribution in [0.3, 0.4) is 0 Å². The van der Waals surface area contributed by atoms with Gasteiger partial charge in [0, 0.05) is 17.7 Å². The van der Waals surface area contributed by atoms with Crippen molar-refractivity contribution in [1.29, 1.82) is 0 Å². The van der Waals surface area contributed by atoms with E-state index in [1.165, 1.54) is 12.1 Å². The first-order valence-electron chi connectivity index (χ1n) is 6.81. The van der Waals surface area contributed by atoms with Crippen molar-refractivity contribution in [3.8, 4) is 22.9 Å². The summed E-state index contributed by atoms with van der Waals surface area (Å²) in [5.74, 6) is 0.711. The van der Waals surface area contributed by atoms with E-state index in [0.29, 0.717) is 23.9 Å². The molecule has 0 spiro atoms. The van der Waals surface area contributed by atoms with E-state index >= 15 is 0 Å². The van der Waals surface area contributed by atoms with E-state index < -0.39 is 0 Å². The monoisotopic (exact) mass is 298 g/mol. The molecule has 22 heavy (non-hydrogen) atoms. The van der Waals surface area contributed by atoms with Gasteiger partial charge >= 0.3 is 0 Å². The second-order valence-corrected chi connectivity index (χ2v) is 4.85. The molecule has 0 atom stereocenters. The van der Waals surface area contributed by atoms with Crippen LogP contribution in [0, 0.1) is 12.7 Å². The van der Waals surface area contributed by atoms with Crippen LogP contribution in [0.4, 0.5) is 4.39 Å². The molecule has 0 aliphatic carbocycles. The molecule has 2 aromatic heterocycles. The van der Waals surface area contributed by atoms with Gasteiger partial charge in [0.1, 0.15) is 11.5 Å². The highest BCUT2D eigenvalue weighted by Gasteiger charge is 2.12. The summed E-state index contributed by atoms with van der Waals surface area (Å²) in [6.07, 6.45) is 1.56. The Morgan fingerprint density at radius 1 is 1.18 bits per heavy atom. The van der Waals surface area contributed by atoms with Gasteiger partial charge in [0.15, 0.2) is 5.75 Å². The molecule has 0 aliphatic rings. The van der Waals surface area contributed by atoms with Crippen molar-refractivity contribution in [2.45, 2.75) is 13.5 Å². The number of benzene rings is 1. The Labute approximate surface area is 127 Å². The van der Waals surface area contributed by atoms with Gasteiger partial charge in [0.2, 0.25) is 5.88 Å². The van der Waals surface area contributed by atoms with Gasteiger partial charge in [-0.05, 0) is 37.3 Å². The van der Waals surface area contributed by atoms with Gasteiger partial charge in [0.25, 0.3) is 0 Å².